The van der Waals surface area contributed by atoms with Gasteiger partial charge in [-0.1, -0.05) is 51.1 Å². The van der Waals surface area contributed by atoms with Gasteiger partial charge in [-0.25, -0.2) is 0 Å². The Morgan fingerprint density at radius 2 is 1.95 bits per heavy atom. The van der Waals surface area contributed by atoms with Gasteiger partial charge in [0.1, 0.15) is 0 Å². The number of benzene rings is 1. The van der Waals surface area contributed by atoms with Gasteiger partial charge in [0.15, 0.2) is 0 Å². The third kappa shape index (κ3) is 2.87. The Morgan fingerprint density at radius 3 is 2.58 bits per heavy atom. The van der Waals surface area contributed by atoms with Gasteiger partial charge in [0.2, 0.25) is 0 Å². The topological polar surface area (TPSA) is 43.8 Å². The van der Waals surface area contributed by atoms with E-state index < -0.39 is 0 Å². The van der Waals surface area contributed by atoms with Crippen molar-refractivity contribution in [2.24, 2.45) is 5.73 Å². The van der Waals surface area contributed by atoms with Crippen LogP contribution in [0.1, 0.15) is 44.4 Å². The summed E-state index contributed by atoms with van der Waals surface area (Å²) >= 11 is 0. The second-order valence-corrected chi connectivity index (χ2v) is 5.60. The Labute approximate surface area is 115 Å². The number of hydrogen-bond donors (Lipinski definition) is 1. The van der Waals surface area contributed by atoms with Gasteiger partial charge in [-0.2, -0.15) is 5.10 Å². The van der Waals surface area contributed by atoms with E-state index in [0.29, 0.717) is 0 Å². The predicted octanol–water partition coefficient (Wildman–Crippen LogP) is 3.27. The summed E-state index contributed by atoms with van der Waals surface area (Å²) in [4.78, 5) is 0. The molecule has 0 spiro atoms. The summed E-state index contributed by atoms with van der Waals surface area (Å²) in [6.07, 6.45) is 5.04. The maximum absolute atomic E-state index is 6.46. The van der Waals surface area contributed by atoms with Crippen molar-refractivity contribution in [1.82, 2.24) is 9.78 Å². The van der Waals surface area contributed by atoms with Gasteiger partial charge in [-0.3, -0.25) is 4.68 Å². The zero-order valence-electron chi connectivity index (χ0n) is 12.0. The first-order chi connectivity index (χ1) is 9.05. The van der Waals surface area contributed by atoms with E-state index >= 15 is 0 Å². The molecule has 0 fully saturated rings. The maximum Gasteiger partial charge on any atom is 0.0537 e. The van der Waals surface area contributed by atoms with E-state index in [1.165, 1.54) is 5.56 Å². The lowest BCUT2D eigenvalue weighted by molar-refractivity contribution is 0.420. The van der Waals surface area contributed by atoms with Crippen LogP contribution in [0, 0.1) is 0 Å². The molecule has 2 rings (SSSR count). The molecule has 0 aliphatic heterocycles. The molecule has 0 saturated heterocycles. The van der Waals surface area contributed by atoms with E-state index in [2.05, 4.69) is 56.3 Å². The standard InChI is InChI=1S/C16H23N3/c1-4-10-19-12-13(11-18-19)15(17)16(2,3)14-8-6-5-7-9-14/h5-9,11-12,15H,4,10,17H2,1-3H3. The van der Waals surface area contributed by atoms with E-state index in [0.717, 1.165) is 18.5 Å². The number of aromatic nitrogens is 2. The highest BCUT2D eigenvalue weighted by atomic mass is 15.3. The van der Waals surface area contributed by atoms with Crippen molar-refractivity contribution in [3.8, 4) is 0 Å². The van der Waals surface area contributed by atoms with Gasteiger partial charge in [-0.05, 0) is 12.0 Å². The van der Waals surface area contributed by atoms with Gasteiger partial charge in [0, 0.05) is 29.8 Å². The summed E-state index contributed by atoms with van der Waals surface area (Å²) in [7, 11) is 0. The summed E-state index contributed by atoms with van der Waals surface area (Å²) in [5.41, 5.74) is 8.71. The molecule has 0 radical (unpaired) electrons. The third-order valence-corrected chi connectivity index (χ3v) is 3.76. The predicted molar refractivity (Wildman–Crippen MR) is 78.9 cm³/mol. The first-order valence-electron chi connectivity index (χ1n) is 6.89. The van der Waals surface area contributed by atoms with Crippen LogP contribution in [0.3, 0.4) is 0 Å². The minimum absolute atomic E-state index is 0.0551. The SMILES string of the molecule is CCCn1cc(C(N)C(C)(C)c2ccccc2)cn1. The van der Waals surface area contributed by atoms with Crippen LogP contribution >= 0.6 is 0 Å². The lowest BCUT2D eigenvalue weighted by atomic mass is 9.76. The quantitative estimate of drug-likeness (QED) is 0.893. The number of nitrogens with zero attached hydrogens (tertiary/aromatic N) is 2. The summed E-state index contributed by atoms with van der Waals surface area (Å²) in [5, 5.41) is 4.37. The van der Waals surface area contributed by atoms with Crippen LogP contribution < -0.4 is 5.73 Å². The Morgan fingerprint density at radius 1 is 1.26 bits per heavy atom. The van der Waals surface area contributed by atoms with E-state index in [1.54, 1.807) is 0 Å². The van der Waals surface area contributed by atoms with Gasteiger partial charge < -0.3 is 5.73 Å². The van der Waals surface area contributed by atoms with E-state index in [-0.39, 0.29) is 11.5 Å². The van der Waals surface area contributed by atoms with E-state index in [9.17, 15) is 0 Å². The Bertz CT molecular complexity index is 514. The van der Waals surface area contributed by atoms with Crippen molar-refractivity contribution in [3.05, 3.63) is 53.9 Å². The molecule has 1 unspecified atom stereocenters. The van der Waals surface area contributed by atoms with Crippen LogP contribution in [0.25, 0.3) is 0 Å². The summed E-state index contributed by atoms with van der Waals surface area (Å²) in [6, 6.07) is 10.4. The fourth-order valence-electron chi connectivity index (χ4n) is 2.36. The normalized spacial score (nSPS) is 13.5. The Kier molecular flexibility index (Phi) is 4.05. The molecule has 0 aliphatic rings. The molecule has 102 valence electrons. The molecule has 1 aromatic heterocycles. The zero-order valence-corrected chi connectivity index (χ0v) is 12.0. The first-order valence-corrected chi connectivity index (χ1v) is 6.89. The summed E-state index contributed by atoms with van der Waals surface area (Å²) < 4.78 is 1.97. The summed E-state index contributed by atoms with van der Waals surface area (Å²) in [6.45, 7) is 7.46. The van der Waals surface area contributed by atoms with Crippen LogP contribution in [0.4, 0.5) is 0 Å². The lowest BCUT2D eigenvalue weighted by Gasteiger charge is -2.31. The van der Waals surface area contributed by atoms with E-state index in [4.69, 9.17) is 5.73 Å². The van der Waals surface area contributed by atoms with Gasteiger partial charge >= 0.3 is 0 Å². The smallest absolute Gasteiger partial charge is 0.0537 e. The average Bonchev–Trinajstić information content (AvgIpc) is 2.88. The Balaban J connectivity index is 2.24. The first kappa shape index (κ1) is 13.8. The third-order valence-electron chi connectivity index (χ3n) is 3.76. The van der Waals surface area contributed by atoms with Crippen molar-refractivity contribution in [2.75, 3.05) is 0 Å². The molecule has 2 N–H and O–H groups in total. The van der Waals surface area contributed by atoms with Crippen molar-refractivity contribution in [3.63, 3.8) is 0 Å². The largest absolute Gasteiger partial charge is 0.323 e. The molecule has 0 saturated carbocycles. The van der Waals surface area contributed by atoms with Crippen molar-refractivity contribution in [1.29, 1.82) is 0 Å². The minimum atomic E-state index is -0.110. The number of hydrogen-bond acceptors (Lipinski definition) is 2. The van der Waals surface area contributed by atoms with Gasteiger partial charge in [0.25, 0.3) is 0 Å². The highest BCUT2D eigenvalue weighted by Gasteiger charge is 2.30. The zero-order chi connectivity index (χ0) is 13.9. The Hall–Kier alpha value is -1.61. The lowest BCUT2D eigenvalue weighted by Crippen LogP contribution is -2.32. The molecule has 0 amide bonds. The second kappa shape index (κ2) is 5.57. The number of aryl methyl sites for hydroxylation is 1. The molecule has 3 nitrogen and oxygen atoms in total. The van der Waals surface area contributed by atoms with Crippen molar-refractivity contribution >= 4 is 0 Å². The monoisotopic (exact) mass is 257 g/mol. The molecule has 1 aromatic carbocycles. The molecular formula is C16H23N3. The van der Waals surface area contributed by atoms with Gasteiger partial charge in [0.05, 0.1) is 6.20 Å². The summed E-state index contributed by atoms with van der Waals surface area (Å²) in [5.74, 6) is 0. The van der Waals surface area contributed by atoms with Crippen molar-refractivity contribution in [2.45, 2.75) is 45.2 Å². The molecule has 2 aromatic rings. The van der Waals surface area contributed by atoms with Crippen LogP contribution in [0.2, 0.25) is 0 Å². The fraction of sp³-hybridized carbons (Fsp3) is 0.438. The van der Waals surface area contributed by atoms with Crippen LogP contribution in [-0.2, 0) is 12.0 Å². The fourth-order valence-corrected chi connectivity index (χ4v) is 2.36. The van der Waals surface area contributed by atoms with Gasteiger partial charge in [-0.15, -0.1) is 0 Å². The highest BCUT2D eigenvalue weighted by molar-refractivity contribution is 5.29. The maximum atomic E-state index is 6.46. The molecule has 1 atom stereocenters. The van der Waals surface area contributed by atoms with Crippen LogP contribution in [0.5, 0.6) is 0 Å². The number of rotatable bonds is 5. The number of nitrogens with two attached hydrogens (primary N) is 1. The molecule has 3 heteroatoms. The minimum Gasteiger partial charge on any atom is -0.323 e. The second-order valence-electron chi connectivity index (χ2n) is 5.60. The van der Waals surface area contributed by atoms with Crippen LogP contribution in [-0.4, -0.2) is 9.78 Å². The molecule has 19 heavy (non-hydrogen) atoms. The van der Waals surface area contributed by atoms with E-state index in [1.807, 2.05) is 16.9 Å². The van der Waals surface area contributed by atoms with Crippen molar-refractivity contribution < 1.29 is 0 Å². The molecule has 0 bridgehead atoms. The molecule has 1 heterocycles. The highest BCUT2D eigenvalue weighted by Crippen LogP contribution is 2.34. The molecule has 0 aliphatic carbocycles. The van der Waals surface area contributed by atoms with Crippen LogP contribution in [0.15, 0.2) is 42.7 Å². The molecular weight excluding hydrogens is 234 g/mol. The average molecular weight is 257 g/mol.